The molecule has 0 aliphatic rings. The van der Waals surface area contributed by atoms with Gasteiger partial charge in [-0.25, -0.2) is 16.8 Å². The smallest absolute Gasteiger partial charge is 0.748 e. The van der Waals surface area contributed by atoms with Crippen molar-refractivity contribution in [2.75, 3.05) is 37.9 Å². The zero-order valence-corrected chi connectivity index (χ0v) is 16.9. The van der Waals surface area contributed by atoms with E-state index in [1.165, 1.54) is 0 Å². The summed E-state index contributed by atoms with van der Waals surface area (Å²) in [5.74, 6) is -1.57. The molecule has 0 amide bonds. The van der Waals surface area contributed by atoms with E-state index in [-0.39, 0.29) is 51.0 Å². The molecule has 0 bridgehead atoms. The van der Waals surface area contributed by atoms with Crippen LogP contribution in [-0.2, 0) is 29.7 Å². The van der Waals surface area contributed by atoms with Gasteiger partial charge in [-0.3, -0.25) is 0 Å². The minimum absolute atomic E-state index is 0. The van der Waals surface area contributed by atoms with E-state index in [1.54, 1.807) is 13.8 Å². The van der Waals surface area contributed by atoms with Gasteiger partial charge in [0.25, 0.3) is 0 Å². The van der Waals surface area contributed by atoms with Crippen LogP contribution >= 0.6 is 0 Å². The Balaban J connectivity index is -0.000000333. The molecule has 0 spiro atoms. The third-order valence-electron chi connectivity index (χ3n) is 1.82. The summed E-state index contributed by atoms with van der Waals surface area (Å²) in [7, 11) is -8.67. The average molecular weight is 406 g/mol. The van der Waals surface area contributed by atoms with E-state index in [1.807, 2.05) is 0 Å². The molecule has 23 heavy (non-hydrogen) atoms. The number of rotatable bonds is 10. The monoisotopic (exact) mass is 406 g/mol. The maximum Gasteiger partial charge on any atom is 2.00 e. The largest absolute Gasteiger partial charge is 2.00 e. The van der Waals surface area contributed by atoms with Crippen molar-refractivity contribution in [1.29, 1.82) is 0 Å². The van der Waals surface area contributed by atoms with Crippen molar-refractivity contribution in [1.82, 2.24) is 0 Å². The van der Waals surface area contributed by atoms with E-state index in [2.05, 4.69) is 9.47 Å². The van der Waals surface area contributed by atoms with Crippen molar-refractivity contribution in [3.8, 4) is 0 Å². The minimum Gasteiger partial charge on any atom is -0.748 e. The maximum atomic E-state index is 10.0. The van der Waals surface area contributed by atoms with Gasteiger partial charge in [-0.2, -0.15) is 0 Å². The van der Waals surface area contributed by atoms with Gasteiger partial charge in [-0.05, 0) is 13.8 Å². The molecule has 2 unspecified atom stereocenters. The van der Waals surface area contributed by atoms with E-state index in [4.69, 9.17) is 10.2 Å². The molecule has 0 aliphatic heterocycles. The summed E-state index contributed by atoms with van der Waals surface area (Å²) in [6.45, 7) is 3.96. The number of hydrogen-bond donors (Lipinski definition) is 2. The van der Waals surface area contributed by atoms with Crippen LogP contribution in [-0.4, -0.2) is 124 Å². The van der Waals surface area contributed by atoms with Crippen molar-refractivity contribution in [3.05, 3.63) is 0 Å². The van der Waals surface area contributed by atoms with E-state index in [9.17, 15) is 25.9 Å². The zero-order chi connectivity index (χ0) is 17.8. The van der Waals surface area contributed by atoms with Crippen LogP contribution in [0, 0.1) is 0 Å². The summed E-state index contributed by atoms with van der Waals surface area (Å²) in [6.07, 6.45) is -2.42. The van der Waals surface area contributed by atoms with Gasteiger partial charge in [-0.1, -0.05) is 0 Å². The molecule has 136 valence electrons. The van der Waals surface area contributed by atoms with Crippen LogP contribution in [0.3, 0.4) is 0 Å². The number of hydrogen-bond acceptors (Lipinski definition) is 10. The Hall–Kier alpha value is 0.920. The van der Waals surface area contributed by atoms with Gasteiger partial charge in [0.15, 0.2) is 0 Å². The molecule has 0 rings (SSSR count). The van der Waals surface area contributed by atoms with Gasteiger partial charge < -0.3 is 28.8 Å². The Kier molecular flexibility index (Phi) is 19.0. The quantitative estimate of drug-likeness (QED) is 0.291. The molecule has 0 aliphatic carbocycles. The first-order valence-corrected chi connectivity index (χ1v) is 9.45. The predicted octanol–water partition coefficient (Wildman–Crippen LogP) is -2.52. The Morgan fingerprint density at radius 1 is 0.826 bits per heavy atom. The van der Waals surface area contributed by atoms with Crippen molar-refractivity contribution in [3.63, 3.8) is 0 Å². The molecule has 0 saturated carbocycles. The van der Waals surface area contributed by atoms with E-state index in [0.29, 0.717) is 13.2 Å². The third kappa shape index (κ3) is 28.0. The fourth-order valence-corrected chi connectivity index (χ4v) is 2.21. The second kappa shape index (κ2) is 15.2. The fourth-order valence-electron chi connectivity index (χ4n) is 1.08. The van der Waals surface area contributed by atoms with E-state index < -0.39 is 43.9 Å². The molecule has 2 atom stereocenters. The SMILES string of the molecule is CCOCC(O)CS(=O)(=O)[O-].CCOCC(O)CS(=O)(=O)[O-].[Ca+2]. The van der Waals surface area contributed by atoms with Crippen LogP contribution in [0.5, 0.6) is 0 Å². The molecular weight excluding hydrogens is 384 g/mol. The van der Waals surface area contributed by atoms with Crippen LogP contribution in [0.2, 0.25) is 0 Å². The first kappa shape index (κ1) is 28.7. The summed E-state index contributed by atoms with van der Waals surface area (Å²) in [5, 5.41) is 17.6. The third-order valence-corrected chi connectivity index (χ3v) is 3.41. The van der Waals surface area contributed by atoms with Gasteiger partial charge >= 0.3 is 37.7 Å². The van der Waals surface area contributed by atoms with Crippen molar-refractivity contribution in [2.45, 2.75) is 26.1 Å². The first-order chi connectivity index (χ1) is 9.91. The summed E-state index contributed by atoms with van der Waals surface area (Å²) < 4.78 is 69.6. The van der Waals surface area contributed by atoms with E-state index in [0.717, 1.165) is 0 Å². The standard InChI is InChI=1S/2C5H12O5S.Ca/c2*1-2-10-3-5(6)4-11(7,8)9;/h2*5-6H,2-4H2,1H3,(H,7,8,9);/q;;+2/p-2. The molecule has 10 nitrogen and oxygen atoms in total. The van der Waals surface area contributed by atoms with Crippen molar-refractivity contribution in [2.24, 2.45) is 0 Å². The summed E-state index contributed by atoms with van der Waals surface area (Å²) in [4.78, 5) is 0. The Morgan fingerprint density at radius 3 is 1.26 bits per heavy atom. The van der Waals surface area contributed by atoms with Crippen LogP contribution in [0.4, 0.5) is 0 Å². The molecule has 2 N–H and O–H groups in total. The van der Waals surface area contributed by atoms with Crippen molar-refractivity contribution >= 4 is 58.0 Å². The first-order valence-electron chi connectivity index (χ1n) is 6.30. The van der Waals surface area contributed by atoms with Gasteiger partial charge in [-0.15, -0.1) is 0 Å². The summed E-state index contributed by atoms with van der Waals surface area (Å²) in [6, 6.07) is 0. The molecule has 0 aromatic rings. The molecule has 0 radical (unpaired) electrons. The van der Waals surface area contributed by atoms with Gasteiger partial charge in [0.2, 0.25) is 0 Å². The fraction of sp³-hybridized carbons (Fsp3) is 1.00. The maximum absolute atomic E-state index is 10.0. The number of ether oxygens (including phenoxy) is 2. The minimum atomic E-state index is -4.33. The second-order valence-electron chi connectivity index (χ2n) is 4.08. The Labute approximate surface area is 166 Å². The van der Waals surface area contributed by atoms with Crippen LogP contribution in [0.25, 0.3) is 0 Å². The van der Waals surface area contributed by atoms with Gasteiger partial charge in [0, 0.05) is 13.2 Å². The Bertz CT molecular complexity index is 420. The summed E-state index contributed by atoms with van der Waals surface area (Å²) >= 11 is 0. The van der Waals surface area contributed by atoms with Crippen LogP contribution in [0.1, 0.15) is 13.8 Å². The van der Waals surface area contributed by atoms with Crippen LogP contribution < -0.4 is 0 Å². The molecule has 0 heterocycles. The molecule has 0 fully saturated rings. The average Bonchev–Trinajstić information content (AvgIpc) is 2.30. The molecule has 0 saturated heterocycles. The second-order valence-corrected chi connectivity index (χ2v) is 6.97. The topological polar surface area (TPSA) is 173 Å². The van der Waals surface area contributed by atoms with Crippen molar-refractivity contribution < 1.29 is 45.6 Å². The van der Waals surface area contributed by atoms with Gasteiger partial charge in [0.05, 0.1) is 57.2 Å². The molecule has 0 aromatic carbocycles. The number of aliphatic hydroxyl groups is 2. The van der Waals surface area contributed by atoms with Gasteiger partial charge in [0.1, 0.15) is 0 Å². The van der Waals surface area contributed by atoms with Crippen LogP contribution in [0.15, 0.2) is 0 Å². The molecular formula is C10H22CaO10S2. The molecule has 0 aromatic heterocycles. The zero-order valence-electron chi connectivity index (χ0n) is 13.1. The van der Waals surface area contributed by atoms with E-state index >= 15 is 0 Å². The molecule has 13 heteroatoms. The predicted molar refractivity (Wildman–Crippen MR) is 79.9 cm³/mol. The normalized spacial score (nSPS) is 14.2. The Morgan fingerprint density at radius 2 is 1.09 bits per heavy atom. The number of aliphatic hydroxyl groups excluding tert-OH is 2. The summed E-state index contributed by atoms with van der Waals surface area (Å²) in [5.41, 5.74) is 0.